The van der Waals surface area contributed by atoms with Gasteiger partial charge in [-0.2, -0.15) is 0 Å². The second-order valence-electron chi connectivity index (χ2n) is 2.58. The largest absolute Gasteiger partial charge is 0.230 e. The number of hydrogen-bond donors (Lipinski definition) is 0. The fourth-order valence-corrected chi connectivity index (χ4v) is 1.91. The molecule has 0 saturated heterocycles. The summed E-state index contributed by atoms with van der Waals surface area (Å²) < 4.78 is 12.9. The van der Waals surface area contributed by atoms with Gasteiger partial charge in [0, 0.05) is 11.4 Å². The molecule has 1 atom stereocenters. The average Bonchev–Trinajstić information content (AvgIpc) is 2.03. The summed E-state index contributed by atoms with van der Waals surface area (Å²) in [6.07, 6.45) is 0. The fourth-order valence-electron chi connectivity index (χ4n) is 1.11. The fraction of sp³-hybridized carbons (Fsp3) is 0.333. The Hall–Kier alpha value is -0.0800. The molecule has 0 amide bonds. The lowest BCUT2D eigenvalue weighted by Crippen LogP contribution is -1.93. The molecule has 12 heavy (non-hydrogen) atoms. The molecule has 0 saturated carbocycles. The number of alkyl halides is 3. The number of halogens is 3. The number of benzene rings is 1. The smallest absolute Gasteiger partial charge is 0.180 e. The minimum absolute atomic E-state index is 0.355. The van der Waals surface area contributed by atoms with Crippen LogP contribution >= 0.6 is 27.5 Å². The minimum atomic E-state index is -1.12. The van der Waals surface area contributed by atoms with E-state index in [1.54, 1.807) is 6.07 Å². The van der Waals surface area contributed by atoms with E-state index >= 15 is 0 Å². The maximum absolute atomic E-state index is 12.9. The van der Waals surface area contributed by atoms with Crippen molar-refractivity contribution in [3.8, 4) is 0 Å². The van der Waals surface area contributed by atoms with Gasteiger partial charge in [-0.15, -0.1) is 11.6 Å². The molecule has 1 rings (SSSR count). The molecule has 1 aromatic rings. The van der Waals surface area contributed by atoms with Crippen molar-refractivity contribution >= 4 is 27.5 Å². The molecule has 1 unspecified atom stereocenters. The van der Waals surface area contributed by atoms with Gasteiger partial charge in [0.2, 0.25) is 0 Å². The van der Waals surface area contributed by atoms with Crippen molar-refractivity contribution in [2.24, 2.45) is 0 Å². The highest BCUT2D eigenvalue weighted by atomic mass is 79.9. The maximum Gasteiger partial charge on any atom is 0.180 e. The maximum atomic E-state index is 12.9. The SMILES string of the molecule is Cc1cccc(C(F)Br)c1CCl. The van der Waals surface area contributed by atoms with Crippen LogP contribution in [0.4, 0.5) is 4.39 Å². The topological polar surface area (TPSA) is 0 Å². The Morgan fingerprint density at radius 2 is 2.25 bits per heavy atom. The summed E-state index contributed by atoms with van der Waals surface area (Å²) in [6.45, 7) is 1.93. The number of hydrogen-bond acceptors (Lipinski definition) is 0. The normalized spacial score (nSPS) is 13.0. The standard InChI is InChI=1S/C9H9BrClF/c1-6-3-2-4-7(9(10)12)8(6)5-11/h2-4,9H,5H2,1H3. The Bertz CT molecular complexity index is 273. The van der Waals surface area contributed by atoms with Crippen LogP contribution in [-0.2, 0) is 5.88 Å². The zero-order valence-corrected chi connectivity index (χ0v) is 8.99. The molecule has 0 aromatic heterocycles. The van der Waals surface area contributed by atoms with E-state index in [-0.39, 0.29) is 0 Å². The highest BCUT2D eigenvalue weighted by Crippen LogP contribution is 2.29. The van der Waals surface area contributed by atoms with E-state index in [4.69, 9.17) is 11.6 Å². The second-order valence-corrected chi connectivity index (χ2v) is 3.65. The van der Waals surface area contributed by atoms with Crippen molar-refractivity contribution in [3.63, 3.8) is 0 Å². The highest BCUT2D eigenvalue weighted by molar-refractivity contribution is 9.09. The summed E-state index contributed by atoms with van der Waals surface area (Å²) in [6, 6.07) is 5.50. The van der Waals surface area contributed by atoms with Crippen LogP contribution in [0.1, 0.15) is 21.8 Å². The number of aryl methyl sites for hydroxylation is 1. The Labute approximate surface area is 84.9 Å². The Morgan fingerprint density at radius 3 is 2.67 bits per heavy atom. The molecule has 0 aliphatic rings. The van der Waals surface area contributed by atoms with Gasteiger partial charge in [0.25, 0.3) is 0 Å². The molecule has 0 aliphatic carbocycles. The zero-order chi connectivity index (χ0) is 9.14. The van der Waals surface area contributed by atoms with Crippen molar-refractivity contribution in [1.82, 2.24) is 0 Å². The lowest BCUT2D eigenvalue weighted by atomic mass is 10.0. The molecule has 0 heterocycles. The van der Waals surface area contributed by atoms with Crippen molar-refractivity contribution in [2.45, 2.75) is 17.9 Å². The van der Waals surface area contributed by atoms with Gasteiger partial charge in [-0.1, -0.05) is 18.2 Å². The predicted molar refractivity (Wildman–Crippen MR) is 53.5 cm³/mol. The predicted octanol–water partition coefficient (Wildman–Crippen LogP) is 4.10. The van der Waals surface area contributed by atoms with Crippen LogP contribution in [0.3, 0.4) is 0 Å². The van der Waals surface area contributed by atoms with Crippen LogP contribution in [0.25, 0.3) is 0 Å². The first-order valence-electron chi connectivity index (χ1n) is 3.59. The van der Waals surface area contributed by atoms with Gasteiger partial charge in [-0.05, 0) is 34.0 Å². The lowest BCUT2D eigenvalue weighted by molar-refractivity contribution is 0.477. The third-order valence-electron chi connectivity index (χ3n) is 1.82. The Balaban J connectivity index is 3.18. The molecule has 66 valence electrons. The molecule has 0 N–H and O–H groups in total. The molecule has 0 radical (unpaired) electrons. The van der Waals surface area contributed by atoms with Crippen molar-refractivity contribution < 1.29 is 4.39 Å². The van der Waals surface area contributed by atoms with E-state index in [9.17, 15) is 4.39 Å². The summed E-state index contributed by atoms with van der Waals surface area (Å²) in [5.41, 5.74) is 2.54. The lowest BCUT2D eigenvalue weighted by Gasteiger charge is -2.09. The molecule has 0 nitrogen and oxygen atoms in total. The van der Waals surface area contributed by atoms with Crippen LogP contribution in [-0.4, -0.2) is 0 Å². The molecule has 0 spiro atoms. The Kier molecular flexibility index (Phi) is 3.53. The molecule has 0 bridgehead atoms. The third-order valence-corrected chi connectivity index (χ3v) is 2.58. The van der Waals surface area contributed by atoms with Crippen LogP contribution in [0.5, 0.6) is 0 Å². The summed E-state index contributed by atoms with van der Waals surface area (Å²) in [5.74, 6) is 0.355. The molecule has 1 aromatic carbocycles. The van der Waals surface area contributed by atoms with E-state index in [1.165, 1.54) is 0 Å². The summed E-state index contributed by atoms with van der Waals surface area (Å²) in [7, 11) is 0. The van der Waals surface area contributed by atoms with Gasteiger partial charge in [0.05, 0.1) is 0 Å². The van der Waals surface area contributed by atoms with Gasteiger partial charge in [-0.3, -0.25) is 0 Å². The summed E-state index contributed by atoms with van der Waals surface area (Å²) in [4.78, 5) is 0. The average molecular weight is 252 g/mol. The minimum Gasteiger partial charge on any atom is -0.230 e. The molecular weight excluding hydrogens is 242 g/mol. The van der Waals surface area contributed by atoms with Crippen molar-refractivity contribution in [1.29, 1.82) is 0 Å². The van der Waals surface area contributed by atoms with Gasteiger partial charge in [0.15, 0.2) is 5.08 Å². The molecule has 3 heteroatoms. The second kappa shape index (κ2) is 4.24. The molecule has 0 fully saturated rings. The van der Waals surface area contributed by atoms with Gasteiger partial charge < -0.3 is 0 Å². The van der Waals surface area contributed by atoms with E-state index in [2.05, 4.69) is 15.9 Å². The van der Waals surface area contributed by atoms with E-state index in [0.29, 0.717) is 11.4 Å². The van der Waals surface area contributed by atoms with E-state index in [1.807, 2.05) is 19.1 Å². The van der Waals surface area contributed by atoms with Crippen LogP contribution < -0.4 is 0 Å². The monoisotopic (exact) mass is 250 g/mol. The van der Waals surface area contributed by atoms with Crippen LogP contribution in [0.2, 0.25) is 0 Å². The van der Waals surface area contributed by atoms with E-state index < -0.39 is 5.08 Å². The summed E-state index contributed by atoms with van der Waals surface area (Å²) in [5, 5.41) is -1.12. The quantitative estimate of drug-likeness (QED) is 0.694. The first-order valence-corrected chi connectivity index (χ1v) is 5.04. The zero-order valence-electron chi connectivity index (χ0n) is 6.65. The van der Waals surface area contributed by atoms with E-state index in [0.717, 1.165) is 11.1 Å². The molecule has 0 aliphatic heterocycles. The van der Waals surface area contributed by atoms with Gasteiger partial charge in [0.1, 0.15) is 0 Å². The van der Waals surface area contributed by atoms with Crippen LogP contribution in [0, 0.1) is 6.92 Å². The first kappa shape index (κ1) is 10.0. The first-order chi connectivity index (χ1) is 5.66. The van der Waals surface area contributed by atoms with Crippen molar-refractivity contribution in [3.05, 3.63) is 34.9 Å². The van der Waals surface area contributed by atoms with Crippen LogP contribution in [0.15, 0.2) is 18.2 Å². The Morgan fingerprint density at radius 1 is 1.58 bits per heavy atom. The van der Waals surface area contributed by atoms with Gasteiger partial charge >= 0.3 is 0 Å². The van der Waals surface area contributed by atoms with Gasteiger partial charge in [-0.25, -0.2) is 4.39 Å². The third kappa shape index (κ3) is 1.99. The summed E-state index contributed by atoms with van der Waals surface area (Å²) >= 11 is 8.58. The molecular formula is C9H9BrClF. The van der Waals surface area contributed by atoms with Crippen molar-refractivity contribution in [2.75, 3.05) is 0 Å². The highest BCUT2D eigenvalue weighted by Gasteiger charge is 2.10. The number of rotatable bonds is 2.